The number of ether oxygens (including phenoxy) is 1. The molecule has 2 atom stereocenters. The van der Waals surface area contributed by atoms with Crippen LogP contribution in [0.2, 0.25) is 0 Å². The van der Waals surface area contributed by atoms with Crippen LogP contribution in [0.25, 0.3) is 0 Å². The first-order chi connectivity index (χ1) is 11.2. The molecule has 0 aromatic heterocycles. The second-order valence-corrected chi connectivity index (χ2v) is 9.80. The van der Waals surface area contributed by atoms with Crippen LogP contribution in [0, 0.1) is 5.92 Å². The lowest BCUT2D eigenvalue weighted by atomic mass is 9.74. The number of amides is 2. The van der Waals surface area contributed by atoms with Crippen LogP contribution < -0.4 is 10.0 Å². The average Bonchev–Trinajstić information content (AvgIpc) is 3.10. The van der Waals surface area contributed by atoms with Gasteiger partial charge >= 0.3 is 6.09 Å². The summed E-state index contributed by atoms with van der Waals surface area (Å²) in [4.78, 5) is 24.5. The van der Waals surface area contributed by atoms with Gasteiger partial charge in [-0.2, -0.15) is 0 Å². The number of alkyl carbamates (subject to hydrolysis) is 1. The summed E-state index contributed by atoms with van der Waals surface area (Å²) in [5.41, 5.74) is -3.09. The molecule has 2 rings (SSSR count). The fraction of sp³-hybridized carbons (Fsp3) is 0.733. The maximum atomic E-state index is 13.2. The highest BCUT2D eigenvalue weighted by Crippen LogP contribution is 2.43. The summed E-state index contributed by atoms with van der Waals surface area (Å²) in [5, 5.41) is 2.11. The molecule has 2 aliphatic carbocycles. The number of alkyl halides is 2. The van der Waals surface area contributed by atoms with Crippen LogP contribution in [0.15, 0.2) is 12.2 Å². The third-order valence-electron chi connectivity index (χ3n) is 4.28. The Balaban J connectivity index is 2.23. The average molecular weight is 380 g/mol. The smallest absolute Gasteiger partial charge is 0.408 e. The van der Waals surface area contributed by atoms with Crippen molar-refractivity contribution in [3.63, 3.8) is 0 Å². The van der Waals surface area contributed by atoms with Gasteiger partial charge in [0.1, 0.15) is 5.60 Å². The number of hydrogen-bond donors (Lipinski definition) is 2. The van der Waals surface area contributed by atoms with Gasteiger partial charge in [-0.05, 0) is 40.5 Å². The molecule has 0 radical (unpaired) electrons. The summed E-state index contributed by atoms with van der Waals surface area (Å²) < 4.78 is 56.6. The van der Waals surface area contributed by atoms with Gasteiger partial charge in [-0.15, -0.1) is 0 Å². The molecule has 0 aliphatic heterocycles. The van der Waals surface area contributed by atoms with E-state index >= 15 is 0 Å². The summed E-state index contributed by atoms with van der Waals surface area (Å²) in [6, 6.07) is 0. The second kappa shape index (κ2) is 5.93. The lowest BCUT2D eigenvalue weighted by Crippen LogP contribution is -2.67. The van der Waals surface area contributed by atoms with E-state index in [9.17, 15) is 26.8 Å². The number of carbonyl (C=O) groups is 2. The second-order valence-electron chi connectivity index (χ2n) is 7.60. The summed E-state index contributed by atoms with van der Waals surface area (Å²) in [7, 11) is -4.04. The summed E-state index contributed by atoms with van der Waals surface area (Å²) >= 11 is 0. The maximum Gasteiger partial charge on any atom is 0.408 e. The van der Waals surface area contributed by atoms with Gasteiger partial charge in [-0.3, -0.25) is 9.52 Å². The Hall–Kier alpha value is -1.71. The molecule has 2 aliphatic rings. The highest BCUT2D eigenvalue weighted by Gasteiger charge is 2.57. The van der Waals surface area contributed by atoms with Gasteiger partial charge in [0.15, 0.2) is 5.54 Å². The molecule has 0 heterocycles. The van der Waals surface area contributed by atoms with Crippen LogP contribution in [0.3, 0.4) is 0 Å². The first-order valence-electron chi connectivity index (χ1n) is 7.78. The van der Waals surface area contributed by atoms with Crippen molar-refractivity contribution in [2.24, 2.45) is 5.92 Å². The third kappa shape index (κ3) is 3.78. The molecule has 1 fully saturated rings. The minimum Gasteiger partial charge on any atom is -0.444 e. The topological polar surface area (TPSA) is 102 Å². The highest BCUT2D eigenvalue weighted by atomic mass is 32.2. The first-order valence-corrected chi connectivity index (χ1v) is 9.26. The van der Waals surface area contributed by atoms with Gasteiger partial charge in [0.2, 0.25) is 16.4 Å². The van der Waals surface area contributed by atoms with Crippen molar-refractivity contribution in [3.8, 4) is 0 Å². The molecule has 25 heavy (non-hydrogen) atoms. The third-order valence-corrected chi connectivity index (χ3v) is 6.44. The van der Waals surface area contributed by atoms with Crippen LogP contribution in [-0.2, 0) is 19.6 Å². The van der Waals surface area contributed by atoms with Crippen molar-refractivity contribution in [1.82, 2.24) is 10.0 Å². The van der Waals surface area contributed by atoms with E-state index < -0.39 is 50.3 Å². The maximum absolute atomic E-state index is 13.2. The Morgan fingerprint density at radius 1 is 1.28 bits per heavy atom. The van der Waals surface area contributed by atoms with Crippen LogP contribution in [-0.4, -0.2) is 42.7 Å². The molecule has 7 nitrogen and oxygen atoms in total. The number of rotatable bonds is 5. The highest BCUT2D eigenvalue weighted by molar-refractivity contribution is 7.91. The molecule has 0 spiro atoms. The van der Waals surface area contributed by atoms with Crippen LogP contribution >= 0.6 is 0 Å². The minimum atomic E-state index is -4.04. The van der Waals surface area contributed by atoms with E-state index in [1.54, 1.807) is 20.8 Å². The fourth-order valence-electron chi connectivity index (χ4n) is 2.34. The van der Waals surface area contributed by atoms with Crippen molar-refractivity contribution >= 4 is 22.0 Å². The van der Waals surface area contributed by atoms with Crippen molar-refractivity contribution < 1.29 is 31.5 Å². The Labute approximate surface area is 145 Å². The molecule has 0 aromatic carbocycles. The SMILES string of the molecule is CC(C)(C)OC(=O)N[C@]1(C(=O)NS(=O)(=O)C2(C)CC2)C=CC1C(F)F. The predicted molar refractivity (Wildman–Crippen MR) is 85.4 cm³/mol. The minimum absolute atomic E-state index is 0.371. The number of carbonyl (C=O) groups excluding carboxylic acids is 2. The zero-order valence-electron chi connectivity index (χ0n) is 14.4. The van der Waals surface area contributed by atoms with Crippen molar-refractivity contribution in [2.45, 2.75) is 62.8 Å². The summed E-state index contributed by atoms with van der Waals surface area (Å²) in [5.74, 6) is -2.87. The molecule has 2 N–H and O–H groups in total. The molecule has 1 saturated carbocycles. The van der Waals surface area contributed by atoms with E-state index in [4.69, 9.17) is 4.74 Å². The predicted octanol–water partition coefficient (Wildman–Crippen LogP) is 1.70. The Morgan fingerprint density at radius 2 is 1.84 bits per heavy atom. The summed E-state index contributed by atoms with van der Waals surface area (Å²) in [6.07, 6.45) is -1.22. The molecule has 0 bridgehead atoms. The molecular formula is C15H22F2N2O5S. The van der Waals surface area contributed by atoms with Gasteiger partial charge < -0.3 is 10.1 Å². The van der Waals surface area contributed by atoms with Crippen LogP contribution in [0.4, 0.5) is 13.6 Å². The van der Waals surface area contributed by atoms with E-state index in [2.05, 4.69) is 5.32 Å². The van der Waals surface area contributed by atoms with Crippen LogP contribution in [0.1, 0.15) is 40.5 Å². The van der Waals surface area contributed by atoms with Crippen molar-refractivity contribution in [1.29, 1.82) is 0 Å². The lowest BCUT2D eigenvalue weighted by molar-refractivity contribution is -0.128. The molecular weight excluding hydrogens is 358 g/mol. The largest absolute Gasteiger partial charge is 0.444 e. The molecule has 2 amide bonds. The van der Waals surface area contributed by atoms with E-state index in [1.165, 1.54) is 6.92 Å². The lowest BCUT2D eigenvalue weighted by Gasteiger charge is -2.41. The molecule has 0 saturated heterocycles. The van der Waals surface area contributed by atoms with E-state index in [0.29, 0.717) is 12.8 Å². The van der Waals surface area contributed by atoms with Gasteiger partial charge in [0, 0.05) is 0 Å². The van der Waals surface area contributed by atoms with Crippen molar-refractivity contribution in [3.05, 3.63) is 12.2 Å². The molecule has 1 unspecified atom stereocenters. The Morgan fingerprint density at radius 3 is 2.20 bits per heavy atom. The van der Waals surface area contributed by atoms with Gasteiger partial charge in [0.05, 0.1) is 10.7 Å². The monoisotopic (exact) mass is 380 g/mol. The standard InChI is InChI=1S/C15H22F2N2O5S/c1-13(2,3)24-12(21)18-15(6-5-9(15)10(16)17)11(20)19-25(22,23)14(4)7-8-14/h5-6,9-10H,7-8H2,1-4H3,(H,18,21)(H,19,20)/t9?,15-/m1/s1. The van der Waals surface area contributed by atoms with Crippen molar-refractivity contribution in [2.75, 3.05) is 0 Å². The quantitative estimate of drug-likeness (QED) is 0.707. The van der Waals surface area contributed by atoms with E-state index in [-0.39, 0.29) is 0 Å². The zero-order chi connectivity index (χ0) is 19.3. The fourth-order valence-corrected chi connectivity index (χ4v) is 3.64. The number of sulfonamides is 1. The number of nitrogens with one attached hydrogen (secondary N) is 2. The van der Waals surface area contributed by atoms with Gasteiger partial charge in [-0.1, -0.05) is 12.2 Å². The Bertz CT molecular complexity index is 710. The number of hydrogen-bond acceptors (Lipinski definition) is 5. The van der Waals surface area contributed by atoms with E-state index in [0.717, 1.165) is 12.2 Å². The molecule has 142 valence electrons. The van der Waals surface area contributed by atoms with Gasteiger partial charge in [-0.25, -0.2) is 22.0 Å². The molecule has 0 aromatic rings. The Kier molecular flexibility index (Phi) is 4.65. The van der Waals surface area contributed by atoms with Crippen LogP contribution in [0.5, 0.6) is 0 Å². The first kappa shape index (κ1) is 19.6. The zero-order valence-corrected chi connectivity index (χ0v) is 15.2. The normalized spacial score (nSPS) is 27.4. The van der Waals surface area contributed by atoms with E-state index in [1.807, 2.05) is 4.72 Å². The van der Waals surface area contributed by atoms with Gasteiger partial charge in [0.25, 0.3) is 5.91 Å². The molecule has 10 heteroatoms. The summed E-state index contributed by atoms with van der Waals surface area (Å²) in [6.45, 7) is 6.16. The number of halogens is 2.